The lowest BCUT2D eigenvalue weighted by atomic mass is 9.95. The summed E-state index contributed by atoms with van der Waals surface area (Å²) in [5.41, 5.74) is -0.729. The van der Waals surface area contributed by atoms with Crippen LogP contribution in [0.4, 0.5) is 14.5 Å². The molecule has 38 heavy (non-hydrogen) atoms. The second kappa shape index (κ2) is 12.3. The monoisotopic (exact) mass is 566 g/mol. The molecule has 0 bridgehead atoms. The molecule has 0 saturated carbocycles. The van der Waals surface area contributed by atoms with Crippen molar-refractivity contribution in [2.45, 2.75) is 34.1 Å². The van der Waals surface area contributed by atoms with Crippen LogP contribution in [0.2, 0.25) is 10.0 Å². The molecule has 9 nitrogen and oxygen atoms in total. The van der Waals surface area contributed by atoms with Gasteiger partial charge >= 0.3 is 0 Å². The zero-order valence-corrected chi connectivity index (χ0v) is 22.6. The first-order valence-corrected chi connectivity index (χ1v) is 12.2. The summed E-state index contributed by atoms with van der Waals surface area (Å²) in [6.45, 7) is 7.76. The number of amides is 2. The van der Waals surface area contributed by atoms with Crippen LogP contribution in [0, 0.1) is 12.3 Å². The van der Waals surface area contributed by atoms with Gasteiger partial charge in [-0.1, -0.05) is 42.2 Å². The molecule has 2 amide bonds. The molecule has 202 valence electrons. The molecule has 3 rings (SSSR count). The maximum Gasteiger partial charge on any atom is 0.282 e. The number of carbonyl (C=O) groups is 2. The molecular weight excluding hydrogens is 541 g/mol. The topological polar surface area (TPSA) is 110 Å². The molecule has 0 spiro atoms. The third kappa shape index (κ3) is 7.05. The van der Waals surface area contributed by atoms with Crippen molar-refractivity contribution < 1.29 is 23.2 Å². The highest BCUT2D eigenvalue weighted by Gasteiger charge is 2.26. The summed E-state index contributed by atoms with van der Waals surface area (Å²) in [5.74, 6) is -1.33. The number of hydrogen-bond donors (Lipinski definition) is 2. The van der Waals surface area contributed by atoms with Gasteiger partial charge in [0.1, 0.15) is 18.0 Å². The first kappa shape index (κ1) is 29.0. The standard InChI is InChI=1S/C25H26Cl2F2N6O3/c1-5-38-32-13-25(3,4)12-31-23(36)16-10-15(26)9-14(2)20(16)33-24(37)19-11-18(21(28)29)34-35(19)22-17(27)7-6-8-30-22/h6-11,13,21H,5,12H2,1-4H3,(H,31,36)(H,33,37)/b32-13+. The van der Waals surface area contributed by atoms with Gasteiger partial charge in [0.2, 0.25) is 0 Å². The lowest BCUT2D eigenvalue weighted by Crippen LogP contribution is -2.35. The molecule has 0 fully saturated rings. The Morgan fingerprint density at radius 2 is 1.97 bits per heavy atom. The van der Waals surface area contributed by atoms with E-state index in [1.54, 1.807) is 32.2 Å². The highest BCUT2D eigenvalue weighted by atomic mass is 35.5. The first-order valence-electron chi connectivity index (χ1n) is 11.5. The van der Waals surface area contributed by atoms with Crippen molar-refractivity contribution in [2.24, 2.45) is 10.6 Å². The molecule has 2 N–H and O–H groups in total. The Hall–Kier alpha value is -3.57. The third-order valence-corrected chi connectivity index (χ3v) is 5.73. The number of anilines is 1. The van der Waals surface area contributed by atoms with Crippen molar-refractivity contribution in [2.75, 3.05) is 18.5 Å². The van der Waals surface area contributed by atoms with E-state index >= 15 is 0 Å². The Balaban J connectivity index is 1.94. The van der Waals surface area contributed by atoms with Crippen LogP contribution in [-0.4, -0.2) is 45.9 Å². The molecule has 0 saturated heterocycles. The van der Waals surface area contributed by atoms with Gasteiger partial charge in [0.25, 0.3) is 18.2 Å². The molecule has 3 aromatic rings. The summed E-state index contributed by atoms with van der Waals surface area (Å²) in [7, 11) is 0. The van der Waals surface area contributed by atoms with Gasteiger partial charge in [0, 0.05) is 23.2 Å². The van der Waals surface area contributed by atoms with Crippen molar-refractivity contribution in [1.29, 1.82) is 0 Å². The maximum atomic E-state index is 13.5. The van der Waals surface area contributed by atoms with Crippen LogP contribution < -0.4 is 10.6 Å². The summed E-state index contributed by atoms with van der Waals surface area (Å²) < 4.78 is 27.9. The zero-order chi connectivity index (χ0) is 28.0. The molecular formula is C25H26Cl2F2N6O3. The number of nitrogens with one attached hydrogen (secondary N) is 2. The van der Waals surface area contributed by atoms with Gasteiger partial charge in [0.15, 0.2) is 5.82 Å². The van der Waals surface area contributed by atoms with E-state index in [1.165, 1.54) is 18.3 Å². The number of aryl methyl sites for hydroxylation is 1. The van der Waals surface area contributed by atoms with Gasteiger partial charge in [-0.15, -0.1) is 0 Å². The van der Waals surface area contributed by atoms with Gasteiger partial charge in [0.05, 0.1) is 22.5 Å². The Morgan fingerprint density at radius 1 is 1.24 bits per heavy atom. The number of hydrogen-bond acceptors (Lipinski definition) is 6. The van der Waals surface area contributed by atoms with Crippen molar-refractivity contribution in [1.82, 2.24) is 20.1 Å². The van der Waals surface area contributed by atoms with Crippen LogP contribution in [0.25, 0.3) is 5.82 Å². The van der Waals surface area contributed by atoms with Crippen molar-refractivity contribution in [3.05, 3.63) is 69.1 Å². The van der Waals surface area contributed by atoms with Gasteiger partial charge < -0.3 is 15.5 Å². The van der Waals surface area contributed by atoms with E-state index in [0.717, 1.165) is 10.7 Å². The summed E-state index contributed by atoms with van der Waals surface area (Å²) in [6, 6.07) is 6.94. The zero-order valence-electron chi connectivity index (χ0n) is 21.1. The SMILES string of the molecule is CCO/N=C/C(C)(C)CNC(=O)c1cc(Cl)cc(C)c1NC(=O)c1cc(C(F)F)nn1-c1ncccc1Cl. The summed E-state index contributed by atoms with van der Waals surface area (Å²) in [5, 5.41) is 13.5. The molecule has 1 aromatic carbocycles. The average molecular weight is 567 g/mol. The predicted molar refractivity (Wildman–Crippen MR) is 142 cm³/mol. The van der Waals surface area contributed by atoms with Gasteiger partial charge in [-0.05, 0) is 49.7 Å². The van der Waals surface area contributed by atoms with Gasteiger partial charge in [-0.3, -0.25) is 9.59 Å². The molecule has 2 aromatic heterocycles. The fourth-order valence-electron chi connectivity index (χ4n) is 3.33. The van der Waals surface area contributed by atoms with E-state index in [2.05, 4.69) is 25.9 Å². The van der Waals surface area contributed by atoms with Gasteiger partial charge in [-0.25, -0.2) is 18.4 Å². The normalized spacial score (nSPS) is 11.7. The minimum atomic E-state index is -2.95. The summed E-state index contributed by atoms with van der Waals surface area (Å²) >= 11 is 12.4. The lowest BCUT2D eigenvalue weighted by Gasteiger charge is -2.21. The van der Waals surface area contributed by atoms with E-state index < -0.39 is 29.3 Å². The molecule has 0 radical (unpaired) electrons. The quantitative estimate of drug-likeness (QED) is 0.236. The van der Waals surface area contributed by atoms with Crippen LogP contribution >= 0.6 is 23.2 Å². The van der Waals surface area contributed by atoms with Crippen LogP contribution in [0.3, 0.4) is 0 Å². The van der Waals surface area contributed by atoms with Crippen molar-refractivity contribution in [3.63, 3.8) is 0 Å². The average Bonchev–Trinajstić information content (AvgIpc) is 3.30. The molecule has 0 unspecified atom stereocenters. The molecule has 0 aliphatic rings. The number of nitrogens with zero attached hydrogens (tertiary/aromatic N) is 4. The summed E-state index contributed by atoms with van der Waals surface area (Å²) in [6.07, 6.45) is 0.0186. The second-order valence-electron chi connectivity index (χ2n) is 8.90. The van der Waals surface area contributed by atoms with Gasteiger partial charge in [-0.2, -0.15) is 5.10 Å². The van der Waals surface area contributed by atoms with Crippen LogP contribution in [-0.2, 0) is 4.84 Å². The van der Waals surface area contributed by atoms with Crippen LogP contribution in [0.5, 0.6) is 0 Å². The molecule has 0 atom stereocenters. The Kier molecular flexibility index (Phi) is 9.40. The molecule has 0 aliphatic carbocycles. The fraction of sp³-hybridized carbons (Fsp3) is 0.320. The smallest absolute Gasteiger partial charge is 0.282 e. The van der Waals surface area contributed by atoms with E-state index in [0.29, 0.717) is 12.2 Å². The van der Waals surface area contributed by atoms with Crippen molar-refractivity contribution in [3.8, 4) is 5.82 Å². The highest BCUT2D eigenvalue weighted by Crippen LogP contribution is 2.28. The number of oxime groups is 1. The molecule has 0 aliphatic heterocycles. The number of pyridine rings is 1. The van der Waals surface area contributed by atoms with Crippen LogP contribution in [0.15, 0.2) is 41.7 Å². The number of carbonyl (C=O) groups excluding carboxylic acids is 2. The predicted octanol–water partition coefficient (Wildman–Crippen LogP) is 5.85. The fourth-order valence-corrected chi connectivity index (χ4v) is 3.81. The largest absolute Gasteiger partial charge is 0.396 e. The van der Waals surface area contributed by atoms with E-state index in [1.807, 2.05) is 13.8 Å². The van der Waals surface area contributed by atoms with Crippen molar-refractivity contribution >= 4 is 46.9 Å². The van der Waals surface area contributed by atoms with E-state index in [9.17, 15) is 18.4 Å². The second-order valence-corrected chi connectivity index (χ2v) is 9.74. The minimum absolute atomic E-state index is 0.00652. The summed E-state index contributed by atoms with van der Waals surface area (Å²) in [4.78, 5) is 35.5. The Bertz CT molecular complexity index is 1360. The number of benzene rings is 1. The number of aromatic nitrogens is 3. The Labute approximate surface area is 228 Å². The van der Waals surface area contributed by atoms with Crippen LogP contribution in [0.1, 0.15) is 59.3 Å². The number of alkyl halides is 2. The maximum absolute atomic E-state index is 13.5. The Morgan fingerprint density at radius 3 is 2.63 bits per heavy atom. The lowest BCUT2D eigenvalue weighted by molar-refractivity contribution is 0.0945. The number of halogens is 4. The number of rotatable bonds is 10. The first-order chi connectivity index (χ1) is 17.9. The third-order valence-electron chi connectivity index (χ3n) is 5.22. The minimum Gasteiger partial charge on any atom is -0.396 e. The molecule has 13 heteroatoms. The van der Waals surface area contributed by atoms with E-state index in [-0.39, 0.29) is 39.4 Å². The highest BCUT2D eigenvalue weighted by molar-refractivity contribution is 6.32. The van der Waals surface area contributed by atoms with E-state index in [4.69, 9.17) is 28.0 Å². The molecule has 2 heterocycles.